The molecule has 0 aliphatic carbocycles. The van der Waals surface area contributed by atoms with Crippen molar-refractivity contribution in [1.29, 1.82) is 0 Å². The number of hydrogen-bond acceptors (Lipinski definition) is 7. The maximum Gasteiger partial charge on any atom is 0.341 e. The number of likely N-dealkylation sites (tertiary alicyclic amines) is 1. The van der Waals surface area contributed by atoms with E-state index in [0.29, 0.717) is 35.7 Å². The first-order valence-electron chi connectivity index (χ1n) is 9.72. The Bertz CT molecular complexity index is 1040. The Balaban J connectivity index is 1.52. The van der Waals surface area contributed by atoms with E-state index in [-0.39, 0.29) is 11.9 Å². The van der Waals surface area contributed by atoms with Crippen molar-refractivity contribution in [3.05, 3.63) is 66.1 Å². The zero-order valence-electron chi connectivity index (χ0n) is 16.6. The van der Waals surface area contributed by atoms with Crippen molar-refractivity contribution in [3.63, 3.8) is 0 Å². The van der Waals surface area contributed by atoms with Crippen LogP contribution in [0.15, 0.2) is 55.0 Å². The van der Waals surface area contributed by atoms with Gasteiger partial charge in [0, 0.05) is 25.3 Å². The number of aromatic nitrogens is 4. The average molecular weight is 406 g/mol. The number of nitrogens with one attached hydrogen (secondary N) is 1. The fourth-order valence-electron chi connectivity index (χ4n) is 3.61. The van der Waals surface area contributed by atoms with Crippen molar-refractivity contribution in [2.45, 2.75) is 18.9 Å². The van der Waals surface area contributed by atoms with Crippen molar-refractivity contribution in [2.75, 3.05) is 25.5 Å². The van der Waals surface area contributed by atoms with Crippen LogP contribution in [0, 0.1) is 0 Å². The molecule has 0 saturated carbocycles. The molecule has 30 heavy (non-hydrogen) atoms. The molecule has 0 bridgehead atoms. The minimum Gasteiger partial charge on any atom is -0.465 e. The highest BCUT2D eigenvalue weighted by molar-refractivity contribution is 5.98. The third-order valence-corrected chi connectivity index (χ3v) is 5.03. The molecule has 0 radical (unpaired) electrons. The number of anilines is 1. The Hall–Kier alpha value is -3.75. The standard InChI is InChI=1S/C21H22N6O3/c1-30-21(29)17-8-4-10-22-19(17)25-15-6-5-13-26(14-15)20(28)16-7-2-3-9-18(16)27-23-11-12-24-27/h2-4,7-12,15H,5-6,13-14H2,1H3,(H,22,25). The Morgan fingerprint density at radius 1 is 1.07 bits per heavy atom. The van der Waals surface area contributed by atoms with Crippen LogP contribution in [-0.4, -0.2) is 63.0 Å². The van der Waals surface area contributed by atoms with Gasteiger partial charge in [0.1, 0.15) is 11.4 Å². The van der Waals surface area contributed by atoms with Gasteiger partial charge in [0.05, 0.1) is 30.8 Å². The number of esters is 1. The largest absolute Gasteiger partial charge is 0.465 e. The number of ether oxygens (including phenoxy) is 1. The minimum atomic E-state index is -0.449. The zero-order valence-corrected chi connectivity index (χ0v) is 16.6. The first-order valence-corrected chi connectivity index (χ1v) is 9.72. The van der Waals surface area contributed by atoms with Gasteiger partial charge in [0.15, 0.2) is 0 Å². The number of carbonyl (C=O) groups excluding carboxylic acids is 2. The molecular weight excluding hydrogens is 384 g/mol. The molecule has 2 aromatic heterocycles. The van der Waals surface area contributed by atoms with Gasteiger partial charge in [0.25, 0.3) is 5.91 Å². The van der Waals surface area contributed by atoms with Gasteiger partial charge in [-0.15, -0.1) is 0 Å². The van der Waals surface area contributed by atoms with E-state index in [2.05, 4.69) is 20.5 Å². The number of para-hydroxylation sites is 1. The Morgan fingerprint density at radius 3 is 2.63 bits per heavy atom. The average Bonchev–Trinajstić information content (AvgIpc) is 3.33. The predicted octanol–water partition coefficient (Wildman–Crippen LogP) is 2.17. The quantitative estimate of drug-likeness (QED) is 0.648. The number of benzene rings is 1. The molecule has 154 valence electrons. The number of nitrogens with zero attached hydrogens (tertiary/aromatic N) is 5. The van der Waals surface area contributed by atoms with Crippen LogP contribution in [-0.2, 0) is 4.74 Å². The smallest absolute Gasteiger partial charge is 0.341 e. The third-order valence-electron chi connectivity index (χ3n) is 5.03. The normalized spacial score (nSPS) is 16.2. The van der Waals surface area contributed by atoms with Gasteiger partial charge in [-0.25, -0.2) is 9.78 Å². The molecular formula is C21H22N6O3. The lowest BCUT2D eigenvalue weighted by Crippen LogP contribution is -2.45. The second-order valence-corrected chi connectivity index (χ2v) is 6.96. The minimum absolute atomic E-state index is 0.0315. The summed E-state index contributed by atoms with van der Waals surface area (Å²) >= 11 is 0. The van der Waals surface area contributed by atoms with E-state index in [1.54, 1.807) is 36.8 Å². The molecule has 0 spiro atoms. The number of pyridine rings is 1. The highest BCUT2D eigenvalue weighted by Gasteiger charge is 2.27. The van der Waals surface area contributed by atoms with Crippen LogP contribution in [0.5, 0.6) is 0 Å². The van der Waals surface area contributed by atoms with Crippen molar-refractivity contribution >= 4 is 17.7 Å². The van der Waals surface area contributed by atoms with Crippen LogP contribution < -0.4 is 5.32 Å². The van der Waals surface area contributed by atoms with Crippen LogP contribution >= 0.6 is 0 Å². The van der Waals surface area contributed by atoms with Gasteiger partial charge in [-0.05, 0) is 37.1 Å². The fourth-order valence-corrected chi connectivity index (χ4v) is 3.61. The summed E-state index contributed by atoms with van der Waals surface area (Å²) in [7, 11) is 1.34. The van der Waals surface area contributed by atoms with Gasteiger partial charge in [-0.2, -0.15) is 15.0 Å². The van der Waals surface area contributed by atoms with E-state index in [9.17, 15) is 9.59 Å². The molecule has 3 aromatic rings. The van der Waals surface area contributed by atoms with Crippen molar-refractivity contribution in [3.8, 4) is 5.69 Å². The van der Waals surface area contributed by atoms with Crippen LogP contribution in [0.3, 0.4) is 0 Å². The zero-order chi connectivity index (χ0) is 20.9. The lowest BCUT2D eigenvalue weighted by atomic mass is 10.0. The monoisotopic (exact) mass is 406 g/mol. The predicted molar refractivity (Wildman–Crippen MR) is 109 cm³/mol. The summed E-state index contributed by atoms with van der Waals surface area (Å²) in [6.45, 7) is 1.15. The van der Waals surface area contributed by atoms with Gasteiger partial charge < -0.3 is 15.0 Å². The fraction of sp³-hybridized carbons (Fsp3) is 0.286. The second-order valence-electron chi connectivity index (χ2n) is 6.96. The molecule has 9 nitrogen and oxygen atoms in total. The summed E-state index contributed by atoms with van der Waals surface area (Å²) in [5.74, 6) is -0.0663. The van der Waals surface area contributed by atoms with E-state index >= 15 is 0 Å². The number of amides is 1. The molecule has 9 heteroatoms. The molecule has 1 unspecified atom stereocenters. The number of hydrogen-bond donors (Lipinski definition) is 1. The van der Waals surface area contributed by atoms with Crippen LogP contribution in [0.1, 0.15) is 33.6 Å². The van der Waals surface area contributed by atoms with Crippen LogP contribution in [0.25, 0.3) is 5.69 Å². The first kappa shape index (κ1) is 19.6. The summed E-state index contributed by atoms with van der Waals surface area (Å²) in [6.07, 6.45) is 6.48. The molecule has 1 atom stereocenters. The maximum atomic E-state index is 13.3. The number of rotatable bonds is 5. The number of carbonyl (C=O) groups is 2. The molecule has 1 aliphatic rings. The summed E-state index contributed by atoms with van der Waals surface area (Å²) < 4.78 is 4.83. The first-order chi connectivity index (χ1) is 14.7. The maximum absolute atomic E-state index is 13.3. The molecule has 1 aromatic carbocycles. The molecule has 3 heterocycles. The second kappa shape index (κ2) is 8.73. The summed E-state index contributed by atoms with van der Waals surface area (Å²) in [4.78, 5) is 32.8. The summed E-state index contributed by atoms with van der Waals surface area (Å²) in [5, 5.41) is 11.6. The lowest BCUT2D eigenvalue weighted by Gasteiger charge is -2.34. The van der Waals surface area contributed by atoms with E-state index in [0.717, 1.165) is 12.8 Å². The SMILES string of the molecule is COC(=O)c1cccnc1NC1CCCN(C(=O)c2ccccc2-n2nccn2)C1. The summed E-state index contributed by atoms with van der Waals surface area (Å²) in [6, 6.07) is 10.6. The van der Waals surface area contributed by atoms with Crippen molar-refractivity contribution < 1.29 is 14.3 Å². The van der Waals surface area contributed by atoms with Gasteiger partial charge in [-0.1, -0.05) is 12.1 Å². The molecule has 1 N–H and O–H groups in total. The highest BCUT2D eigenvalue weighted by atomic mass is 16.5. The number of piperidine rings is 1. The van der Waals surface area contributed by atoms with E-state index < -0.39 is 5.97 Å². The van der Waals surface area contributed by atoms with Crippen LogP contribution in [0.2, 0.25) is 0 Å². The molecule has 4 rings (SSSR count). The van der Waals surface area contributed by atoms with Crippen LogP contribution in [0.4, 0.5) is 5.82 Å². The van der Waals surface area contributed by atoms with Gasteiger partial charge in [0.2, 0.25) is 0 Å². The van der Waals surface area contributed by atoms with Crippen molar-refractivity contribution in [1.82, 2.24) is 24.9 Å². The molecule has 1 amide bonds. The molecule has 1 fully saturated rings. The Kier molecular flexibility index (Phi) is 5.69. The van der Waals surface area contributed by atoms with Gasteiger partial charge in [-0.3, -0.25) is 4.79 Å². The Labute approximate surface area is 173 Å². The van der Waals surface area contributed by atoms with Crippen molar-refractivity contribution in [2.24, 2.45) is 0 Å². The lowest BCUT2D eigenvalue weighted by molar-refractivity contribution is 0.0600. The molecule has 1 saturated heterocycles. The Morgan fingerprint density at radius 2 is 1.83 bits per heavy atom. The van der Waals surface area contributed by atoms with E-state index in [1.165, 1.54) is 11.9 Å². The van der Waals surface area contributed by atoms with Gasteiger partial charge >= 0.3 is 5.97 Å². The number of methoxy groups -OCH3 is 1. The van der Waals surface area contributed by atoms with E-state index in [4.69, 9.17) is 4.74 Å². The highest BCUT2D eigenvalue weighted by Crippen LogP contribution is 2.21. The third kappa shape index (κ3) is 4.00. The topological polar surface area (TPSA) is 102 Å². The molecule has 1 aliphatic heterocycles. The van der Waals surface area contributed by atoms with E-state index in [1.807, 2.05) is 23.1 Å². The summed E-state index contributed by atoms with van der Waals surface area (Å²) in [5.41, 5.74) is 1.56.